The maximum absolute atomic E-state index is 12.7. The molecule has 1 aromatic rings. The quantitative estimate of drug-likeness (QED) is 0.882. The molecular formula is C10H16F3N5. The van der Waals surface area contributed by atoms with Crippen LogP contribution in [0.1, 0.15) is 26.6 Å². The zero-order valence-corrected chi connectivity index (χ0v) is 10.5. The number of nitrogens with one attached hydrogen (secondary N) is 1. The fraction of sp³-hybridized carbons (Fsp3) is 0.700. The Kier molecular flexibility index (Phi) is 4.69. The minimum atomic E-state index is -4.57. The Balaban J connectivity index is 3.21. The first-order chi connectivity index (χ1) is 8.42. The van der Waals surface area contributed by atoms with Gasteiger partial charge < -0.3 is 10.2 Å². The lowest BCUT2D eigenvalue weighted by molar-refractivity contribution is -0.144. The number of hydrogen-bond acceptors (Lipinski definition) is 5. The van der Waals surface area contributed by atoms with Crippen molar-refractivity contribution < 1.29 is 13.2 Å². The average molecular weight is 263 g/mol. The van der Waals surface area contributed by atoms with Crippen LogP contribution in [-0.4, -0.2) is 34.6 Å². The second-order valence-electron chi connectivity index (χ2n) is 3.48. The highest BCUT2D eigenvalue weighted by Gasteiger charge is 2.36. The van der Waals surface area contributed by atoms with E-state index < -0.39 is 12.0 Å². The maximum atomic E-state index is 12.7. The van der Waals surface area contributed by atoms with Gasteiger partial charge in [0.1, 0.15) is 0 Å². The van der Waals surface area contributed by atoms with Crippen molar-refractivity contribution in [2.75, 3.05) is 29.9 Å². The predicted molar refractivity (Wildman–Crippen MR) is 62.6 cm³/mol. The molecule has 102 valence electrons. The van der Waals surface area contributed by atoms with Crippen LogP contribution in [0.25, 0.3) is 0 Å². The molecule has 0 aliphatic heterocycles. The summed E-state index contributed by atoms with van der Waals surface area (Å²) in [7, 11) is 0. The summed E-state index contributed by atoms with van der Waals surface area (Å²) in [5, 5.41) is 2.67. The Labute approximate surface area is 103 Å². The normalized spacial score (nSPS) is 11.4. The lowest BCUT2D eigenvalue weighted by Gasteiger charge is -2.19. The summed E-state index contributed by atoms with van der Waals surface area (Å²) in [6.45, 7) is 6.92. The third kappa shape index (κ3) is 3.44. The van der Waals surface area contributed by atoms with Gasteiger partial charge in [-0.25, -0.2) is 0 Å². The molecule has 0 aromatic carbocycles. The molecule has 0 unspecified atom stereocenters. The molecule has 8 heteroatoms. The van der Waals surface area contributed by atoms with Crippen molar-refractivity contribution in [2.24, 2.45) is 0 Å². The summed E-state index contributed by atoms with van der Waals surface area (Å²) in [4.78, 5) is 12.4. The van der Waals surface area contributed by atoms with Crippen LogP contribution in [0.3, 0.4) is 0 Å². The highest BCUT2D eigenvalue weighted by atomic mass is 19.4. The van der Waals surface area contributed by atoms with E-state index in [0.717, 1.165) is 0 Å². The average Bonchev–Trinajstić information content (AvgIpc) is 2.29. The van der Waals surface area contributed by atoms with Crippen LogP contribution < -0.4 is 10.2 Å². The Bertz CT molecular complexity index is 390. The third-order valence-electron chi connectivity index (χ3n) is 2.26. The fourth-order valence-electron chi connectivity index (χ4n) is 1.38. The third-order valence-corrected chi connectivity index (χ3v) is 2.26. The number of nitrogens with zero attached hydrogens (tertiary/aromatic N) is 4. The minimum absolute atomic E-state index is 0.0401. The highest BCUT2D eigenvalue weighted by molar-refractivity contribution is 5.37. The summed E-state index contributed by atoms with van der Waals surface area (Å²) >= 11 is 0. The number of halogens is 3. The van der Waals surface area contributed by atoms with Crippen LogP contribution in [0, 0.1) is 0 Å². The molecule has 0 amide bonds. The lowest BCUT2D eigenvalue weighted by Crippen LogP contribution is -2.27. The second kappa shape index (κ2) is 5.83. The first kappa shape index (κ1) is 14.5. The molecule has 0 spiro atoms. The molecule has 0 saturated carbocycles. The van der Waals surface area contributed by atoms with E-state index in [4.69, 9.17) is 0 Å². The Hall–Kier alpha value is -1.60. The van der Waals surface area contributed by atoms with Crippen molar-refractivity contribution in [2.45, 2.75) is 26.9 Å². The fourth-order valence-corrected chi connectivity index (χ4v) is 1.38. The molecule has 0 bridgehead atoms. The van der Waals surface area contributed by atoms with Crippen LogP contribution in [-0.2, 0) is 6.18 Å². The highest BCUT2D eigenvalue weighted by Crippen LogP contribution is 2.27. The number of aromatic nitrogens is 3. The molecule has 0 fully saturated rings. The van der Waals surface area contributed by atoms with Crippen molar-refractivity contribution in [1.82, 2.24) is 15.0 Å². The molecule has 1 heterocycles. The summed E-state index contributed by atoms with van der Waals surface area (Å²) in [5.74, 6) is -1.18. The minimum Gasteiger partial charge on any atom is -0.354 e. The first-order valence-electron chi connectivity index (χ1n) is 5.74. The van der Waals surface area contributed by atoms with Crippen LogP contribution in [0.2, 0.25) is 0 Å². The molecule has 0 atom stereocenters. The van der Waals surface area contributed by atoms with Gasteiger partial charge in [0, 0.05) is 19.6 Å². The SMILES string of the molecule is CCNc1nc(N(CC)CC)nc(C(F)(F)F)n1. The van der Waals surface area contributed by atoms with Crippen molar-refractivity contribution >= 4 is 11.9 Å². The van der Waals surface area contributed by atoms with Gasteiger partial charge in [0.15, 0.2) is 0 Å². The summed E-state index contributed by atoms with van der Waals surface area (Å²) < 4.78 is 38.0. The summed E-state index contributed by atoms with van der Waals surface area (Å²) in [6.07, 6.45) is -4.57. The van der Waals surface area contributed by atoms with Gasteiger partial charge in [-0.15, -0.1) is 0 Å². The molecule has 0 radical (unpaired) electrons. The summed E-state index contributed by atoms with van der Waals surface area (Å²) in [5.41, 5.74) is 0. The Morgan fingerprint density at radius 2 is 1.67 bits per heavy atom. The van der Waals surface area contributed by atoms with E-state index in [1.54, 1.807) is 11.8 Å². The standard InChI is InChI=1S/C10H16F3N5/c1-4-14-8-15-7(10(11,12)13)16-9(17-8)18(5-2)6-3/h4-6H2,1-3H3,(H,14,15,16,17). The molecule has 1 N–H and O–H groups in total. The van der Waals surface area contributed by atoms with E-state index in [-0.39, 0.29) is 11.9 Å². The van der Waals surface area contributed by atoms with E-state index in [1.165, 1.54) is 0 Å². The molecule has 18 heavy (non-hydrogen) atoms. The van der Waals surface area contributed by atoms with Gasteiger partial charge in [-0.05, 0) is 20.8 Å². The monoisotopic (exact) mass is 263 g/mol. The van der Waals surface area contributed by atoms with Crippen molar-refractivity contribution in [3.8, 4) is 0 Å². The van der Waals surface area contributed by atoms with Gasteiger partial charge in [-0.2, -0.15) is 28.1 Å². The molecule has 0 aliphatic rings. The molecule has 0 saturated heterocycles. The number of anilines is 2. The number of rotatable bonds is 5. The van der Waals surface area contributed by atoms with Gasteiger partial charge >= 0.3 is 6.18 Å². The topological polar surface area (TPSA) is 53.9 Å². The lowest BCUT2D eigenvalue weighted by atomic mass is 10.5. The largest absolute Gasteiger partial charge is 0.451 e. The van der Waals surface area contributed by atoms with Crippen molar-refractivity contribution in [1.29, 1.82) is 0 Å². The molecule has 1 aromatic heterocycles. The number of alkyl halides is 3. The van der Waals surface area contributed by atoms with E-state index in [0.29, 0.717) is 19.6 Å². The van der Waals surface area contributed by atoms with Crippen molar-refractivity contribution in [3.05, 3.63) is 5.82 Å². The molecule has 0 aliphatic carbocycles. The van der Waals surface area contributed by atoms with Crippen LogP contribution >= 0.6 is 0 Å². The van der Waals surface area contributed by atoms with E-state index in [1.807, 2.05) is 13.8 Å². The maximum Gasteiger partial charge on any atom is 0.451 e. The van der Waals surface area contributed by atoms with E-state index in [2.05, 4.69) is 20.3 Å². The van der Waals surface area contributed by atoms with Gasteiger partial charge in [0.05, 0.1) is 0 Å². The van der Waals surface area contributed by atoms with Crippen LogP contribution in [0.15, 0.2) is 0 Å². The molecular weight excluding hydrogens is 247 g/mol. The number of hydrogen-bond donors (Lipinski definition) is 1. The van der Waals surface area contributed by atoms with Crippen LogP contribution in [0.4, 0.5) is 25.1 Å². The predicted octanol–water partition coefficient (Wildman–Crippen LogP) is 2.17. The summed E-state index contributed by atoms with van der Waals surface area (Å²) in [6, 6.07) is 0. The van der Waals surface area contributed by atoms with Gasteiger partial charge in [-0.1, -0.05) is 0 Å². The Morgan fingerprint density at radius 3 is 2.11 bits per heavy atom. The van der Waals surface area contributed by atoms with E-state index in [9.17, 15) is 13.2 Å². The van der Waals surface area contributed by atoms with Gasteiger partial charge in [0.25, 0.3) is 0 Å². The van der Waals surface area contributed by atoms with E-state index >= 15 is 0 Å². The zero-order valence-electron chi connectivity index (χ0n) is 10.5. The van der Waals surface area contributed by atoms with Gasteiger partial charge in [-0.3, -0.25) is 0 Å². The second-order valence-corrected chi connectivity index (χ2v) is 3.48. The van der Waals surface area contributed by atoms with Crippen LogP contribution in [0.5, 0.6) is 0 Å². The first-order valence-corrected chi connectivity index (χ1v) is 5.74. The Morgan fingerprint density at radius 1 is 1.06 bits per heavy atom. The zero-order chi connectivity index (χ0) is 13.8. The van der Waals surface area contributed by atoms with Gasteiger partial charge in [0.2, 0.25) is 17.7 Å². The van der Waals surface area contributed by atoms with Crippen molar-refractivity contribution in [3.63, 3.8) is 0 Å². The molecule has 5 nitrogen and oxygen atoms in total. The molecule has 1 rings (SSSR count). The smallest absolute Gasteiger partial charge is 0.354 e.